The van der Waals surface area contributed by atoms with Crippen molar-refractivity contribution in [3.05, 3.63) is 29.8 Å². The average Bonchev–Trinajstić information content (AvgIpc) is 2.49. The van der Waals surface area contributed by atoms with E-state index in [1.807, 2.05) is 0 Å². The average molecular weight is 291 g/mol. The highest BCUT2D eigenvalue weighted by Crippen LogP contribution is 2.20. The summed E-state index contributed by atoms with van der Waals surface area (Å²) in [6.45, 7) is 2.18. The van der Waals surface area contributed by atoms with Gasteiger partial charge in [0.2, 0.25) is 5.91 Å². The smallest absolute Gasteiger partial charge is 0.337 e. The van der Waals surface area contributed by atoms with Crippen molar-refractivity contribution in [3.63, 3.8) is 0 Å². The molecule has 0 aliphatic rings. The minimum Gasteiger partial charge on any atom is -0.478 e. The fraction of sp³-hybridized carbons (Fsp3) is 0.529. The lowest BCUT2D eigenvalue weighted by molar-refractivity contribution is -0.118. The van der Waals surface area contributed by atoms with Crippen molar-refractivity contribution in [1.29, 1.82) is 0 Å². The van der Waals surface area contributed by atoms with E-state index in [2.05, 4.69) is 6.92 Å². The maximum atomic E-state index is 12.1. The lowest BCUT2D eigenvalue weighted by Crippen LogP contribution is -2.27. The van der Waals surface area contributed by atoms with Crippen LogP contribution in [-0.4, -0.2) is 24.0 Å². The zero-order chi connectivity index (χ0) is 15.7. The number of hydrogen-bond acceptors (Lipinski definition) is 2. The second-order valence-corrected chi connectivity index (χ2v) is 5.29. The predicted molar refractivity (Wildman–Crippen MR) is 84.8 cm³/mol. The van der Waals surface area contributed by atoms with Gasteiger partial charge < -0.3 is 10.0 Å². The monoisotopic (exact) mass is 291 g/mol. The molecule has 0 aromatic heterocycles. The summed E-state index contributed by atoms with van der Waals surface area (Å²) in [6, 6.07) is 6.60. The Morgan fingerprint density at radius 2 is 1.67 bits per heavy atom. The van der Waals surface area contributed by atoms with Crippen LogP contribution in [0.5, 0.6) is 0 Å². The molecule has 0 saturated heterocycles. The Morgan fingerprint density at radius 1 is 1.05 bits per heavy atom. The van der Waals surface area contributed by atoms with Gasteiger partial charge in [-0.2, -0.15) is 0 Å². The predicted octanol–water partition coefficient (Wildman–Crippen LogP) is 4.10. The number of para-hydroxylation sites is 1. The fourth-order valence-electron chi connectivity index (χ4n) is 2.31. The first-order valence-electron chi connectivity index (χ1n) is 7.66. The van der Waals surface area contributed by atoms with E-state index in [0.29, 0.717) is 12.1 Å². The summed E-state index contributed by atoms with van der Waals surface area (Å²) in [5, 5.41) is 9.15. The van der Waals surface area contributed by atoms with Crippen LogP contribution in [0.3, 0.4) is 0 Å². The first-order chi connectivity index (χ1) is 10.1. The van der Waals surface area contributed by atoms with Crippen molar-refractivity contribution in [2.45, 2.75) is 51.9 Å². The Balaban J connectivity index is 2.49. The van der Waals surface area contributed by atoms with Gasteiger partial charge in [0, 0.05) is 13.5 Å². The number of unbranched alkanes of at least 4 members (excludes halogenated alkanes) is 5. The zero-order valence-electron chi connectivity index (χ0n) is 13.0. The molecule has 0 spiro atoms. The molecule has 1 aromatic carbocycles. The minimum absolute atomic E-state index is 0.0285. The van der Waals surface area contributed by atoms with Gasteiger partial charge in [0.15, 0.2) is 0 Å². The van der Waals surface area contributed by atoms with E-state index in [9.17, 15) is 9.59 Å². The molecule has 0 bridgehead atoms. The lowest BCUT2D eigenvalue weighted by Gasteiger charge is -2.19. The Labute approximate surface area is 126 Å². The third kappa shape index (κ3) is 5.58. The number of carbonyl (C=O) groups is 2. The SMILES string of the molecule is CCCCCCCCC(=O)N(C)c1ccccc1C(=O)O. The van der Waals surface area contributed by atoms with Gasteiger partial charge in [-0.05, 0) is 18.6 Å². The highest BCUT2D eigenvalue weighted by atomic mass is 16.4. The maximum absolute atomic E-state index is 12.1. The molecule has 1 rings (SSSR count). The number of rotatable bonds is 9. The van der Waals surface area contributed by atoms with Crippen LogP contribution in [0.1, 0.15) is 62.2 Å². The molecule has 116 valence electrons. The van der Waals surface area contributed by atoms with Gasteiger partial charge in [-0.1, -0.05) is 51.2 Å². The highest BCUT2D eigenvalue weighted by Gasteiger charge is 2.17. The first kappa shape index (κ1) is 17.2. The molecule has 1 amide bonds. The molecule has 0 aliphatic carbocycles. The van der Waals surface area contributed by atoms with Crippen molar-refractivity contribution >= 4 is 17.6 Å². The molecule has 0 saturated carbocycles. The molecule has 0 aliphatic heterocycles. The molecule has 4 nitrogen and oxygen atoms in total. The Bertz CT molecular complexity index is 471. The molecule has 0 unspecified atom stereocenters. The summed E-state index contributed by atoms with van der Waals surface area (Å²) in [4.78, 5) is 24.8. The van der Waals surface area contributed by atoms with Crippen LogP contribution in [0.15, 0.2) is 24.3 Å². The molecule has 21 heavy (non-hydrogen) atoms. The number of carboxylic acid groups (broad SMARTS) is 1. The highest BCUT2D eigenvalue weighted by molar-refractivity contribution is 6.01. The third-order valence-electron chi connectivity index (χ3n) is 3.61. The lowest BCUT2D eigenvalue weighted by atomic mass is 10.1. The van der Waals surface area contributed by atoms with Crippen molar-refractivity contribution < 1.29 is 14.7 Å². The molecule has 0 heterocycles. The van der Waals surface area contributed by atoms with Gasteiger partial charge in [-0.15, -0.1) is 0 Å². The van der Waals surface area contributed by atoms with Crippen LogP contribution in [0.4, 0.5) is 5.69 Å². The van der Waals surface area contributed by atoms with Gasteiger partial charge >= 0.3 is 5.97 Å². The summed E-state index contributed by atoms with van der Waals surface area (Å²) in [6.07, 6.45) is 7.24. The number of benzene rings is 1. The number of aromatic carboxylic acids is 1. The Kier molecular flexibility index (Phi) is 7.51. The second kappa shape index (κ2) is 9.16. The number of hydrogen-bond donors (Lipinski definition) is 1. The summed E-state index contributed by atoms with van der Waals surface area (Å²) in [5.74, 6) is -1.04. The number of carboxylic acids is 1. The summed E-state index contributed by atoms with van der Waals surface area (Å²) >= 11 is 0. The molecule has 4 heteroatoms. The fourth-order valence-corrected chi connectivity index (χ4v) is 2.31. The number of carbonyl (C=O) groups excluding carboxylic acids is 1. The largest absolute Gasteiger partial charge is 0.478 e. The molecule has 1 aromatic rings. The van der Waals surface area contributed by atoms with Crippen LogP contribution in [0, 0.1) is 0 Å². The molecular weight excluding hydrogens is 266 g/mol. The van der Waals surface area contributed by atoms with Crippen molar-refractivity contribution in [2.24, 2.45) is 0 Å². The van der Waals surface area contributed by atoms with E-state index in [4.69, 9.17) is 5.11 Å². The molecule has 0 atom stereocenters. The van der Waals surface area contributed by atoms with Crippen LogP contribution >= 0.6 is 0 Å². The molecule has 0 fully saturated rings. The van der Waals surface area contributed by atoms with E-state index in [1.165, 1.54) is 30.2 Å². The van der Waals surface area contributed by atoms with Crippen molar-refractivity contribution in [2.75, 3.05) is 11.9 Å². The van der Waals surface area contributed by atoms with Gasteiger partial charge in [0.25, 0.3) is 0 Å². The summed E-state index contributed by atoms with van der Waals surface area (Å²) in [7, 11) is 1.64. The van der Waals surface area contributed by atoms with Gasteiger partial charge in [0.1, 0.15) is 0 Å². The van der Waals surface area contributed by atoms with Gasteiger partial charge in [0.05, 0.1) is 11.3 Å². The number of nitrogens with zero attached hydrogens (tertiary/aromatic N) is 1. The Morgan fingerprint density at radius 3 is 2.33 bits per heavy atom. The third-order valence-corrected chi connectivity index (χ3v) is 3.61. The van der Waals surface area contributed by atoms with E-state index in [1.54, 1.807) is 25.2 Å². The molecular formula is C17H25NO3. The normalized spacial score (nSPS) is 10.4. The number of anilines is 1. The van der Waals surface area contributed by atoms with E-state index >= 15 is 0 Å². The van der Waals surface area contributed by atoms with Crippen LogP contribution in [-0.2, 0) is 4.79 Å². The second-order valence-electron chi connectivity index (χ2n) is 5.29. The summed E-state index contributed by atoms with van der Waals surface area (Å²) < 4.78 is 0. The summed E-state index contributed by atoms with van der Waals surface area (Å²) in [5.41, 5.74) is 0.622. The van der Waals surface area contributed by atoms with Crippen molar-refractivity contribution in [1.82, 2.24) is 0 Å². The van der Waals surface area contributed by atoms with Crippen LogP contribution < -0.4 is 4.90 Å². The zero-order valence-corrected chi connectivity index (χ0v) is 13.0. The number of amides is 1. The van der Waals surface area contributed by atoms with E-state index in [0.717, 1.165) is 19.3 Å². The Hall–Kier alpha value is -1.84. The van der Waals surface area contributed by atoms with Crippen LogP contribution in [0.25, 0.3) is 0 Å². The quantitative estimate of drug-likeness (QED) is 0.697. The van der Waals surface area contributed by atoms with E-state index < -0.39 is 5.97 Å². The van der Waals surface area contributed by atoms with Crippen molar-refractivity contribution in [3.8, 4) is 0 Å². The topological polar surface area (TPSA) is 57.6 Å². The first-order valence-corrected chi connectivity index (χ1v) is 7.66. The maximum Gasteiger partial charge on any atom is 0.337 e. The standard InChI is InChI=1S/C17H25NO3/c1-3-4-5-6-7-8-13-16(19)18(2)15-12-10-9-11-14(15)17(20)21/h9-12H,3-8,13H2,1-2H3,(H,20,21). The minimum atomic E-state index is -1.01. The van der Waals surface area contributed by atoms with Gasteiger partial charge in [-0.25, -0.2) is 4.79 Å². The van der Waals surface area contributed by atoms with Crippen LogP contribution in [0.2, 0.25) is 0 Å². The van der Waals surface area contributed by atoms with E-state index in [-0.39, 0.29) is 11.5 Å². The molecule has 0 radical (unpaired) electrons. The molecule has 1 N–H and O–H groups in total. The van der Waals surface area contributed by atoms with Gasteiger partial charge in [-0.3, -0.25) is 4.79 Å².